The lowest BCUT2D eigenvalue weighted by Crippen LogP contribution is -2.52. The Hall–Kier alpha value is -1.87. The molecule has 2 saturated heterocycles. The molecule has 0 N–H and O–H groups in total. The number of benzene rings is 2. The number of fused-ring (bicyclic) bond motifs is 1. The summed E-state index contributed by atoms with van der Waals surface area (Å²) in [5, 5.41) is 0.532. The molecule has 2 fully saturated rings. The Kier molecular flexibility index (Phi) is 5.13. The van der Waals surface area contributed by atoms with E-state index in [4.69, 9.17) is 16.6 Å². The molecule has 0 saturated carbocycles. The highest BCUT2D eigenvalue weighted by atomic mass is 35.5. The zero-order chi connectivity index (χ0) is 20.8. The average molecular weight is 461 g/mol. The van der Waals surface area contributed by atoms with Crippen molar-refractivity contribution in [2.75, 3.05) is 30.3 Å². The van der Waals surface area contributed by atoms with Crippen LogP contribution in [-0.2, 0) is 10.0 Å². The Morgan fingerprint density at radius 2 is 1.67 bits per heavy atom. The number of anilines is 1. The van der Waals surface area contributed by atoms with Gasteiger partial charge in [0, 0.05) is 30.4 Å². The Labute approximate surface area is 185 Å². The van der Waals surface area contributed by atoms with E-state index in [-0.39, 0.29) is 0 Å². The maximum atomic E-state index is 13.4. The zero-order valence-electron chi connectivity index (χ0n) is 16.2. The van der Waals surface area contributed by atoms with Gasteiger partial charge in [-0.25, -0.2) is 13.4 Å². The second kappa shape index (κ2) is 7.67. The summed E-state index contributed by atoms with van der Waals surface area (Å²) in [5.41, 5.74) is 1.75. The smallest absolute Gasteiger partial charge is 0.244 e. The van der Waals surface area contributed by atoms with Crippen LogP contribution in [0.3, 0.4) is 0 Å². The highest BCUT2D eigenvalue weighted by molar-refractivity contribution is 8.02. The van der Waals surface area contributed by atoms with Crippen LogP contribution in [0.15, 0.2) is 59.6 Å². The molecule has 156 valence electrons. The van der Waals surface area contributed by atoms with E-state index in [0.717, 1.165) is 48.5 Å². The maximum absolute atomic E-state index is 13.4. The molecule has 1 spiro atoms. The fourth-order valence-corrected chi connectivity index (χ4v) is 7.99. The van der Waals surface area contributed by atoms with Crippen molar-refractivity contribution in [2.45, 2.75) is 22.6 Å². The van der Waals surface area contributed by atoms with Gasteiger partial charge in [-0.3, -0.25) is 4.98 Å². The van der Waals surface area contributed by atoms with Crippen LogP contribution in [-0.4, -0.2) is 52.9 Å². The van der Waals surface area contributed by atoms with Gasteiger partial charge in [0.05, 0.1) is 27.0 Å². The minimum Gasteiger partial charge on any atom is -0.355 e. The molecule has 1 aromatic heterocycles. The largest absolute Gasteiger partial charge is 0.355 e. The molecular weight excluding hydrogens is 440 g/mol. The lowest BCUT2D eigenvalue weighted by Gasteiger charge is -2.43. The van der Waals surface area contributed by atoms with Crippen LogP contribution >= 0.6 is 23.4 Å². The predicted molar refractivity (Wildman–Crippen MR) is 122 cm³/mol. The van der Waals surface area contributed by atoms with Crippen molar-refractivity contribution in [3.05, 3.63) is 59.8 Å². The van der Waals surface area contributed by atoms with Gasteiger partial charge in [-0.2, -0.15) is 4.31 Å². The third-order valence-electron chi connectivity index (χ3n) is 5.83. The minimum absolute atomic E-state index is 0.302. The van der Waals surface area contributed by atoms with Crippen molar-refractivity contribution >= 4 is 50.2 Å². The van der Waals surface area contributed by atoms with Crippen LogP contribution in [0.4, 0.5) is 5.82 Å². The van der Waals surface area contributed by atoms with Gasteiger partial charge < -0.3 is 4.90 Å². The van der Waals surface area contributed by atoms with Gasteiger partial charge in [0.2, 0.25) is 10.0 Å². The summed E-state index contributed by atoms with van der Waals surface area (Å²) < 4.78 is 28.4. The Morgan fingerprint density at radius 3 is 2.40 bits per heavy atom. The molecular formula is C21H21ClN4O2S2. The summed E-state index contributed by atoms with van der Waals surface area (Å²) in [4.78, 5) is 11.4. The molecule has 6 nitrogen and oxygen atoms in total. The SMILES string of the molecule is O=S(=O)(c1ccc(Cl)cc1)N1CCSC12CCN(c1cnc3ccccc3n1)CC2. The number of aromatic nitrogens is 2. The number of hydrogen-bond donors (Lipinski definition) is 0. The van der Waals surface area contributed by atoms with Gasteiger partial charge in [0.15, 0.2) is 0 Å². The molecule has 0 unspecified atom stereocenters. The molecule has 0 bridgehead atoms. The third-order valence-corrected chi connectivity index (χ3v) is 9.73. The van der Waals surface area contributed by atoms with E-state index in [2.05, 4.69) is 9.88 Å². The topological polar surface area (TPSA) is 66.4 Å². The van der Waals surface area contributed by atoms with E-state index >= 15 is 0 Å². The normalized spacial score (nSPS) is 19.6. The molecule has 2 aromatic carbocycles. The summed E-state index contributed by atoms with van der Waals surface area (Å²) in [7, 11) is -3.57. The standard InChI is InChI=1S/C21H21ClN4O2S2/c22-16-5-7-17(8-6-16)30(27,28)26-13-14-29-21(26)9-11-25(12-10-21)20-15-23-18-3-1-2-4-19(18)24-20/h1-8,15H,9-14H2. The van der Waals surface area contributed by atoms with Crippen molar-refractivity contribution in [1.29, 1.82) is 0 Å². The Balaban J connectivity index is 1.37. The zero-order valence-corrected chi connectivity index (χ0v) is 18.6. The van der Waals surface area contributed by atoms with Crippen molar-refractivity contribution in [1.82, 2.24) is 14.3 Å². The Morgan fingerprint density at radius 1 is 0.967 bits per heavy atom. The summed E-state index contributed by atoms with van der Waals surface area (Å²) in [6, 6.07) is 14.3. The summed E-state index contributed by atoms with van der Waals surface area (Å²) in [5.74, 6) is 1.65. The second-order valence-electron chi connectivity index (χ2n) is 7.53. The highest BCUT2D eigenvalue weighted by Crippen LogP contribution is 2.47. The lowest BCUT2D eigenvalue weighted by atomic mass is 10.0. The van der Waals surface area contributed by atoms with Gasteiger partial charge >= 0.3 is 0 Å². The molecule has 0 atom stereocenters. The first-order valence-corrected chi connectivity index (χ1v) is 12.7. The van der Waals surface area contributed by atoms with Crippen molar-refractivity contribution in [3.8, 4) is 0 Å². The molecule has 3 aromatic rings. The summed E-state index contributed by atoms with van der Waals surface area (Å²) in [6.07, 6.45) is 3.31. The van der Waals surface area contributed by atoms with Crippen LogP contribution in [0.25, 0.3) is 11.0 Å². The number of thioether (sulfide) groups is 1. The van der Waals surface area contributed by atoms with Crippen molar-refractivity contribution < 1.29 is 8.42 Å². The molecule has 2 aliphatic heterocycles. The molecule has 5 rings (SSSR count). The fourth-order valence-electron chi connectivity index (χ4n) is 4.25. The summed E-state index contributed by atoms with van der Waals surface area (Å²) in [6.45, 7) is 2.02. The number of hydrogen-bond acceptors (Lipinski definition) is 6. The highest BCUT2D eigenvalue weighted by Gasteiger charge is 2.50. The molecule has 2 aliphatic rings. The van der Waals surface area contributed by atoms with Gasteiger partial charge in [0.1, 0.15) is 5.82 Å². The van der Waals surface area contributed by atoms with Crippen LogP contribution < -0.4 is 4.90 Å². The van der Waals surface area contributed by atoms with E-state index in [1.807, 2.05) is 30.5 Å². The van der Waals surface area contributed by atoms with E-state index < -0.39 is 14.9 Å². The first-order chi connectivity index (χ1) is 14.5. The number of piperidine rings is 1. The van der Waals surface area contributed by atoms with E-state index in [1.54, 1.807) is 40.3 Å². The van der Waals surface area contributed by atoms with E-state index in [1.165, 1.54) is 0 Å². The van der Waals surface area contributed by atoms with E-state index in [0.29, 0.717) is 16.5 Å². The monoisotopic (exact) mass is 460 g/mol. The van der Waals surface area contributed by atoms with Gasteiger partial charge in [-0.05, 0) is 49.2 Å². The van der Waals surface area contributed by atoms with Gasteiger partial charge in [0.25, 0.3) is 0 Å². The molecule has 0 radical (unpaired) electrons. The van der Waals surface area contributed by atoms with Crippen LogP contribution in [0.2, 0.25) is 5.02 Å². The molecule has 0 amide bonds. The third kappa shape index (κ3) is 3.45. The first-order valence-electron chi connectivity index (χ1n) is 9.87. The Bertz CT molecular complexity index is 1180. The maximum Gasteiger partial charge on any atom is 0.244 e. The number of para-hydroxylation sites is 2. The predicted octanol–water partition coefficient (Wildman–Crippen LogP) is 4.02. The molecule has 9 heteroatoms. The average Bonchev–Trinajstić information content (AvgIpc) is 3.18. The van der Waals surface area contributed by atoms with Crippen LogP contribution in [0.5, 0.6) is 0 Å². The van der Waals surface area contributed by atoms with Crippen LogP contribution in [0.1, 0.15) is 12.8 Å². The quantitative estimate of drug-likeness (QED) is 0.588. The lowest BCUT2D eigenvalue weighted by molar-refractivity contribution is 0.266. The van der Waals surface area contributed by atoms with Gasteiger partial charge in [-0.15, -0.1) is 11.8 Å². The fraction of sp³-hybridized carbons (Fsp3) is 0.333. The van der Waals surface area contributed by atoms with E-state index in [9.17, 15) is 8.42 Å². The minimum atomic E-state index is -3.57. The van der Waals surface area contributed by atoms with Crippen molar-refractivity contribution in [2.24, 2.45) is 0 Å². The number of nitrogens with zero attached hydrogens (tertiary/aromatic N) is 4. The van der Waals surface area contributed by atoms with Gasteiger partial charge in [-0.1, -0.05) is 23.7 Å². The number of halogens is 1. The molecule has 0 aliphatic carbocycles. The second-order valence-corrected chi connectivity index (χ2v) is 11.3. The summed E-state index contributed by atoms with van der Waals surface area (Å²) >= 11 is 7.70. The molecule has 3 heterocycles. The molecule has 30 heavy (non-hydrogen) atoms. The number of sulfonamides is 1. The number of rotatable bonds is 3. The first kappa shape index (κ1) is 20.1. The van der Waals surface area contributed by atoms with Crippen LogP contribution in [0, 0.1) is 0 Å². The van der Waals surface area contributed by atoms with Crippen molar-refractivity contribution in [3.63, 3.8) is 0 Å².